The fourth-order valence-corrected chi connectivity index (χ4v) is 1.72. The van der Waals surface area contributed by atoms with E-state index in [1.807, 2.05) is 24.1 Å². The van der Waals surface area contributed by atoms with Crippen molar-refractivity contribution in [2.24, 2.45) is 5.92 Å². The SMILES string of the molecule is Cc1[nH]ccc1C(=O)N1CC(C)C1. The molecule has 0 saturated carbocycles. The number of nitrogens with zero attached hydrogens (tertiary/aromatic N) is 1. The van der Waals surface area contributed by atoms with Crippen LogP contribution >= 0.6 is 0 Å². The van der Waals surface area contributed by atoms with E-state index >= 15 is 0 Å². The van der Waals surface area contributed by atoms with E-state index in [0.717, 1.165) is 24.3 Å². The van der Waals surface area contributed by atoms with Gasteiger partial charge in [-0.2, -0.15) is 0 Å². The summed E-state index contributed by atoms with van der Waals surface area (Å²) >= 11 is 0. The molecule has 0 spiro atoms. The first kappa shape index (κ1) is 8.35. The van der Waals surface area contributed by atoms with E-state index in [0.29, 0.717) is 5.92 Å². The molecular formula is C10H14N2O. The molecule has 1 aromatic heterocycles. The van der Waals surface area contributed by atoms with Crippen molar-refractivity contribution in [1.82, 2.24) is 9.88 Å². The molecule has 0 bridgehead atoms. The van der Waals surface area contributed by atoms with E-state index in [2.05, 4.69) is 11.9 Å². The average Bonchev–Trinajstić information content (AvgIpc) is 2.44. The molecule has 0 radical (unpaired) electrons. The van der Waals surface area contributed by atoms with Crippen LogP contribution in [-0.2, 0) is 0 Å². The van der Waals surface area contributed by atoms with Crippen molar-refractivity contribution >= 4 is 5.91 Å². The van der Waals surface area contributed by atoms with Crippen LogP contribution in [0.5, 0.6) is 0 Å². The van der Waals surface area contributed by atoms with E-state index in [1.54, 1.807) is 0 Å². The number of aromatic amines is 1. The van der Waals surface area contributed by atoms with Gasteiger partial charge in [0.25, 0.3) is 5.91 Å². The van der Waals surface area contributed by atoms with E-state index in [1.165, 1.54) is 0 Å². The summed E-state index contributed by atoms with van der Waals surface area (Å²) in [6.07, 6.45) is 1.81. The molecule has 1 N–H and O–H groups in total. The number of likely N-dealkylation sites (tertiary alicyclic amines) is 1. The molecule has 70 valence electrons. The molecule has 1 amide bonds. The first-order valence-electron chi connectivity index (χ1n) is 4.61. The quantitative estimate of drug-likeness (QED) is 0.693. The minimum absolute atomic E-state index is 0.164. The van der Waals surface area contributed by atoms with Crippen molar-refractivity contribution in [2.45, 2.75) is 13.8 Å². The molecule has 1 aromatic rings. The highest BCUT2D eigenvalue weighted by atomic mass is 16.2. The first-order valence-corrected chi connectivity index (χ1v) is 4.61. The van der Waals surface area contributed by atoms with Crippen LogP contribution in [0.3, 0.4) is 0 Å². The monoisotopic (exact) mass is 178 g/mol. The summed E-state index contributed by atoms with van der Waals surface area (Å²) in [6.45, 7) is 5.90. The van der Waals surface area contributed by atoms with Gasteiger partial charge in [0.15, 0.2) is 0 Å². The maximum atomic E-state index is 11.8. The van der Waals surface area contributed by atoms with Crippen LogP contribution in [0, 0.1) is 12.8 Å². The molecule has 0 unspecified atom stereocenters. The molecule has 1 fully saturated rings. The summed E-state index contributed by atoms with van der Waals surface area (Å²) in [7, 11) is 0. The summed E-state index contributed by atoms with van der Waals surface area (Å²) in [6, 6.07) is 1.85. The number of amides is 1. The molecule has 1 aliphatic rings. The summed E-state index contributed by atoms with van der Waals surface area (Å²) in [4.78, 5) is 16.7. The van der Waals surface area contributed by atoms with Gasteiger partial charge in [0.1, 0.15) is 0 Å². The van der Waals surface area contributed by atoms with Gasteiger partial charge in [-0.15, -0.1) is 0 Å². The normalized spacial score (nSPS) is 17.2. The topological polar surface area (TPSA) is 36.1 Å². The molecule has 1 saturated heterocycles. The Bertz CT molecular complexity index is 323. The summed E-state index contributed by atoms with van der Waals surface area (Å²) < 4.78 is 0. The van der Waals surface area contributed by atoms with Crippen molar-refractivity contribution in [3.8, 4) is 0 Å². The number of hydrogen-bond donors (Lipinski definition) is 1. The highest BCUT2D eigenvalue weighted by Crippen LogP contribution is 2.18. The minimum Gasteiger partial charge on any atom is -0.365 e. The van der Waals surface area contributed by atoms with Gasteiger partial charge in [-0.05, 0) is 18.9 Å². The Hall–Kier alpha value is -1.25. The third kappa shape index (κ3) is 1.34. The lowest BCUT2D eigenvalue weighted by Crippen LogP contribution is -2.48. The van der Waals surface area contributed by atoms with Crippen molar-refractivity contribution in [3.05, 3.63) is 23.5 Å². The standard InChI is InChI=1S/C10H14N2O/c1-7-5-12(6-7)10(13)9-3-4-11-8(9)2/h3-4,7,11H,5-6H2,1-2H3. The Kier molecular flexibility index (Phi) is 1.87. The number of carbonyl (C=O) groups is 1. The van der Waals surface area contributed by atoms with Crippen molar-refractivity contribution in [3.63, 3.8) is 0 Å². The van der Waals surface area contributed by atoms with Gasteiger partial charge >= 0.3 is 0 Å². The van der Waals surface area contributed by atoms with Gasteiger partial charge in [0, 0.05) is 25.0 Å². The summed E-state index contributed by atoms with van der Waals surface area (Å²) in [5.74, 6) is 0.833. The van der Waals surface area contributed by atoms with Crippen LogP contribution in [0.4, 0.5) is 0 Å². The third-order valence-electron chi connectivity index (χ3n) is 2.54. The fourth-order valence-electron chi connectivity index (χ4n) is 1.72. The predicted octanol–water partition coefficient (Wildman–Crippen LogP) is 1.42. The van der Waals surface area contributed by atoms with Gasteiger partial charge in [-0.3, -0.25) is 4.79 Å². The highest BCUT2D eigenvalue weighted by Gasteiger charge is 2.28. The second-order valence-corrected chi connectivity index (χ2v) is 3.83. The maximum absolute atomic E-state index is 11.8. The Balaban J connectivity index is 2.10. The Morgan fingerprint density at radius 1 is 1.62 bits per heavy atom. The highest BCUT2D eigenvalue weighted by molar-refractivity contribution is 5.95. The van der Waals surface area contributed by atoms with Crippen LogP contribution in [0.1, 0.15) is 23.0 Å². The van der Waals surface area contributed by atoms with Gasteiger partial charge in [-0.25, -0.2) is 0 Å². The number of rotatable bonds is 1. The lowest BCUT2D eigenvalue weighted by atomic mass is 10.0. The zero-order valence-electron chi connectivity index (χ0n) is 8.00. The molecule has 0 aliphatic carbocycles. The van der Waals surface area contributed by atoms with Crippen LogP contribution in [0.2, 0.25) is 0 Å². The summed E-state index contributed by atoms with van der Waals surface area (Å²) in [5.41, 5.74) is 1.77. The molecule has 3 nitrogen and oxygen atoms in total. The Morgan fingerprint density at radius 2 is 2.31 bits per heavy atom. The third-order valence-corrected chi connectivity index (χ3v) is 2.54. The van der Waals surface area contributed by atoms with Gasteiger partial charge in [-0.1, -0.05) is 6.92 Å². The second-order valence-electron chi connectivity index (χ2n) is 3.83. The molecule has 2 heterocycles. The molecular weight excluding hydrogens is 164 g/mol. The van der Waals surface area contributed by atoms with Crippen LogP contribution < -0.4 is 0 Å². The molecule has 0 aromatic carbocycles. The van der Waals surface area contributed by atoms with Crippen molar-refractivity contribution in [1.29, 1.82) is 0 Å². The average molecular weight is 178 g/mol. The van der Waals surface area contributed by atoms with Crippen LogP contribution in [0.15, 0.2) is 12.3 Å². The van der Waals surface area contributed by atoms with E-state index < -0.39 is 0 Å². The molecule has 13 heavy (non-hydrogen) atoms. The van der Waals surface area contributed by atoms with Crippen molar-refractivity contribution < 1.29 is 4.79 Å². The van der Waals surface area contributed by atoms with Gasteiger partial charge in [0.05, 0.1) is 5.56 Å². The fraction of sp³-hybridized carbons (Fsp3) is 0.500. The molecule has 3 heteroatoms. The van der Waals surface area contributed by atoms with Gasteiger partial charge < -0.3 is 9.88 Å². The Labute approximate surface area is 77.7 Å². The number of hydrogen-bond acceptors (Lipinski definition) is 1. The van der Waals surface area contributed by atoms with E-state index in [4.69, 9.17) is 0 Å². The van der Waals surface area contributed by atoms with Crippen LogP contribution in [-0.4, -0.2) is 28.9 Å². The number of H-pyrrole nitrogens is 1. The summed E-state index contributed by atoms with van der Waals surface area (Å²) in [5, 5.41) is 0. The zero-order chi connectivity index (χ0) is 9.42. The minimum atomic E-state index is 0.164. The molecule has 1 aliphatic heterocycles. The number of aryl methyl sites for hydroxylation is 1. The molecule has 0 atom stereocenters. The maximum Gasteiger partial charge on any atom is 0.255 e. The van der Waals surface area contributed by atoms with Crippen molar-refractivity contribution in [2.75, 3.05) is 13.1 Å². The second kappa shape index (κ2) is 2.91. The number of carbonyl (C=O) groups excluding carboxylic acids is 1. The number of nitrogens with one attached hydrogen (secondary N) is 1. The predicted molar refractivity (Wildman–Crippen MR) is 50.6 cm³/mol. The smallest absolute Gasteiger partial charge is 0.255 e. The number of aromatic nitrogens is 1. The van der Waals surface area contributed by atoms with Crippen LogP contribution in [0.25, 0.3) is 0 Å². The Morgan fingerprint density at radius 3 is 2.77 bits per heavy atom. The zero-order valence-corrected chi connectivity index (χ0v) is 8.00. The lowest BCUT2D eigenvalue weighted by molar-refractivity contribution is 0.0530. The van der Waals surface area contributed by atoms with E-state index in [-0.39, 0.29) is 5.91 Å². The van der Waals surface area contributed by atoms with Gasteiger partial charge in [0.2, 0.25) is 0 Å². The molecule has 2 rings (SSSR count). The van der Waals surface area contributed by atoms with E-state index in [9.17, 15) is 4.79 Å². The lowest BCUT2D eigenvalue weighted by Gasteiger charge is -2.37. The first-order chi connectivity index (χ1) is 6.18. The largest absolute Gasteiger partial charge is 0.365 e.